The van der Waals surface area contributed by atoms with Crippen molar-refractivity contribution < 1.29 is 4.74 Å². The number of nitrogens with one attached hydrogen (secondary N) is 1. The number of nitrogens with zero attached hydrogens (tertiary/aromatic N) is 1. The molecule has 219 valence electrons. The molecule has 3 rings (SSSR count). The molecule has 2 heterocycles. The van der Waals surface area contributed by atoms with Crippen LogP contribution in [0.3, 0.4) is 0 Å². The van der Waals surface area contributed by atoms with Gasteiger partial charge < -0.3 is 10.1 Å². The quantitative estimate of drug-likeness (QED) is 0.206. The Labute approximate surface area is 251 Å². The lowest BCUT2D eigenvalue weighted by atomic mass is 9.53. The van der Waals surface area contributed by atoms with E-state index in [1.165, 1.54) is 67.0 Å². The number of morpholine rings is 1. The van der Waals surface area contributed by atoms with Crippen LogP contribution in [0.1, 0.15) is 65.7 Å². The standard InChI is InChI=1S/C37H52BN2O/c1-7-12-15-23-33-29(6)38-35(11-5)34(22-13-8-2)37(33)36-28-40(26-27-41-36)32-21-17-14-16-20-31(24-25-32)39-30(18-9-3)19-10-4/h7-13,15,18-19,22-23,31-32,36-37,39H,2-3,5,14,16-17,20-21,24-28H2,1,4,6H3/b12-7-,19-10-,22-13-,23-15-,30-18+. The SMILES string of the molecule is C=C/C=C\C1=C(C=C)[B]C(C)=C(/C=C\C=C/C)C1C1CN(C2CCCCCC(NC(/C=C\C)=C/C=C)CC2)CCO1. The molecule has 3 aliphatic rings. The average Bonchev–Trinajstić information content (AvgIpc) is 3.09. The summed E-state index contributed by atoms with van der Waals surface area (Å²) in [7, 11) is 2.26. The van der Waals surface area contributed by atoms with Crippen molar-refractivity contribution in [1.29, 1.82) is 0 Å². The average molecular weight is 552 g/mol. The fourth-order valence-electron chi connectivity index (χ4n) is 6.51. The van der Waals surface area contributed by atoms with E-state index in [-0.39, 0.29) is 12.0 Å². The van der Waals surface area contributed by atoms with E-state index in [0.29, 0.717) is 12.1 Å². The highest BCUT2D eigenvalue weighted by Gasteiger charge is 2.37. The summed E-state index contributed by atoms with van der Waals surface area (Å²) in [5.41, 5.74) is 6.21. The van der Waals surface area contributed by atoms with Gasteiger partial charge in [-0.05, 0) is 62.8 Å². The van der Waals surface area contributed by atoms with Gasteiger partial charge in [0.05, 0.1) is 12.7 Å². The second-order valence-corrected chi connectivity index (χ2v) is 11.3. The Bertz CT molecular complexity index is 1100. The lowest BCUT2D eigenvalue weighted by Crippen LogP contribution is -2.51. The summed E-state index contributed by atoms with van der Waals surface area (Å²) >= 11 is 0. The van der Waals surface area contributed by atoms with E-state index >= 15 is 0 Å². The second kappa shape index (κ2) is 17.9. The molecule has 4 heteroatoms. The van der Waals surface area contributed by atoms with E-state index < -0.39 is 0 Å². The monoisotopic (exact) mass is 551 g/mol. The molecule has 1 N–H and O–H groups in total. The van der Waals surface area contributed by atoms with E-state index in [9.17, 15) is 0 Å². The molecule has 0 aromatic heterocycles. The van der Waals surface area contributed by atoms with Crippen LogP contribution < -0.4 is 5.32 Å². The van der Waals surface area contributed by atoms with Crippen molar-refractivity contribution in [2.24, 2.45) is 5.92 Å². The molecule has 1 aliphatic carbocycles. The van der Waals surface area contributed by atoms with Gasteiger partial charge in [-0.1, -0.05) is 112 Å². The summed E-state index contributed by atoms with van der Waals surface area (Å²) in [6.45, 7) is 21.0. The van der Waals surface area contributed by atoms with Crippen molar-refractivity contribution in [3.8, 4) is 0 Å². The second-order valence-electron chi connectivity index (χ2n) is 11.3. The van der Waals surface area contributed by atoms with Crippen molar-refractivity contribution in [2.45, 2.75) is 83.9 Å². The molecule has 3 nitrogen and oxygen atoms in total. The van der Waals surface area contributed by atoms with Crippen LogP contribution in [0.15, 0.2) is 120 Å². The lowest BCUT2D eigenvalue weighted by molar-refractivity contribution is -0.0590. The topological polar surface area (TPSA) is 24.5 Å². The van der Waals surface area contributed by atoms with Gasteiger partial charge in [0.25, 0.3) is 0 Å². The molecule has 2 fully saturated rings. The molecular weight excluding hydrogens is 499 g/mol. The predicted molar refractivity (Wildman–Crippen MR) is 180 cm³/mol. The van der Waals surface area contributed by atoms with Crippen LogP contribution in [-0.2, 0) is 4.74 Å². The van der Waals surface area contributed by atoms with Gasteiger partial charge in [0, 0.05) is 36.8 Å². The van der Waals surface area contributed by atoms with Gasteiger partial charge in [-0.25, -0.2) is 0 Å². The van der Waals surface area contributed by atoms with E-state index in [4.69, 9.17) is 4.74 Å². The third kappa shape index (κ3) is 9.62. The number of allylic oxidation sites excluding steroid dienone is 14. The number of hydrogen-bond acceptors (Lipinski definition) is 3. The zero-order valence-corrected chi connectivity index (χ0v) is 25.9. The summed E-state index contributed by atoms with van der Waals surface area (Å²) in [5, 5.41) is 3.81. The Morgan fingerprint density at radius 2 is 1.73 bits per heavy atom. The summed E-state index contributed by atoms with van der Waals surface area (Å²) in [4.78, 5) is 2.74. The molecule has 0 amide bonds. The lowest BCUT2D eigenvalue weighted by Gasteiger charge is -2.43. The van der Waals surface area contributed by atoms with E-state index in [0.717, 1.165) is 25.4 Å². The Morgan fingerprint density at radius 1 is 0.927 bits per heavy atom. The fraction of sp³-hybridized carbons (Fsp3) is 0.459. The summed E-state index contributed by atoms with van der Waals surface area (Å²) in [6.07, 6.45) is 33.7. The molecule has 4 atom stereocenters. The van der Waals surface area contributed by atoms with Gasteiger partial charge in [-0.3, -0.25) is 4.90 Å². The molecule has 4 unspecified atom stereocenters. The number of hydrogen-bond donors (Lipinski definition) is 1. The molecule has 0 bridgehead atoms. The van der Waals surface area contributed by atoms with E-state index in [1.54, 1.807) is 0 Å². The summed E-state index contributed by atoms with van der Waals surface area (Å²) in [6, 6.07) is 1.07. The van der Waals surface area contributed by atoms with Crippen molar-refractivity contribution in [1.82, 2.24) is 10.2 Å². The first-order chi connectivity index (χ1) is 20.1. The van der Waals surface area contributed by atoms with Crippen molar-refractivity contribution in [3.63, 3.8) is 0 Å². The minimum atomic E-state index is 0.0791. The summed E-state index contributed by atoms with van der Waals surface area (Å²) < 4.78 is 6.63. The molecule has 0 aromatic rings. The molecule has 1 radical (unpaired) electrons. The minimum absolute atomic E-state index is 0.0791. The zero-order chi connectivity index (χ0) is 29.5. The third-order valence-corrected chi connectivity index (χ3v) is 8.51. The van der Waals surface area contributed by atoms with E-state index in [1.807, 2.05) is 24.3 Å². The minimum Gasteiger partial charge on any atom is -0.382 e. The van der Waals surface area contributed by atoms with Crippen LogP contribution in [0.25, 0.3) is 0 Å². The molecule has 2 aliphatic heterocycles. The smallest absolute Gasteiger partial charge is 0.186 e. The molecule has 1 saturated heterocycles. The van der Waals surface area contributed by atoms with Gasteiger partial charge in [0.15, 0.2) is 7.28 Å². The number of rotatable bonds is 11. The highest BCUT2D eigenvalue weighted by Crippen LogP contribution is 2.38. The fourth-order valence-corrected chi connectivity index (χ4v) is 6.51. The summed E-state index contributed by atoms with van der Waals surface area (Å²) in [5.74, 6) is 0.145. The maximum absolute atomic E-state index is 6.63. The molecular formula is C37H52BN2O. The van der Waals surface area contributed by atoms with Crippen LogP contribution in [0.4, 0.5) is 0 Å². The van der Waals surface area contributed by atoms with Crippen LogP contribution in [0.5, 0.6) is 0 Å². The van der Waals surface area contributed by atoms with Crippen molar-refractivity contribution in [3.05, 3.63) is 120 Å². The Morgan fingerprint density at radius 3 is 2.46 bits per heavy atom. The maximum atomic E-state index is 6.63. The third-order valence-electron chi connectivity index (χ3n) is 8.51. The zero-order valence-electron chi connectivity index (χ0n) is 25.9. The Kier molecular flexibility index (Phi) is 14.3. The first-order valence-corrected chi connectivity index (χ1v) is 15.6. The van der Waals surface area contributed by atoms with E-state index in [2.05, 4.69) is 107 Å². The Balaban J connectivity index is 1.85. The largest absolute Gasteiger partial charge is 0.382 e. The van der Waals surface area contributed by atoms with Gasteiger partial charge in [0.2, 0.25) is 0 Å². The van der Waals surface area contributed by atoms with Crippen molar-refractivity contribution >= 4 is 7.28 Å². The highest BCUT2D eigenvalue weighted by molar-refractivity contribution is 6.55. The molecule has 0 spiro atoms. The van der Waals surface area contributed by atoms with Gasteiger partial charge in [0.1, 0.15) is 0 Å². The van der Waals surface area contributed by atoms with Crippen LogP contribution >= 0.6 is 0 Å². The highest BCUT2D eigenvalue weighted by atomic mass is 16.5. The van der Waals surface area contributed by atoms with Crippen LogP contribution in [-0.4, -0.2) is 50.1 Å². The first-order valence-electron chi connectivity index (χ1n) is 15.6. The molecule has 0 aromatic carbocycles. The Hall–Kier alpha value is -2.82. The molecule has 41 heavy (non-hydrogen) atoms. The van der Waals surface area contributed by atoms with Gasteiger partial charge >= 0.3 is 0 Å². The van der Waals surface area contributed by atoms with Gasteiger partial charge in [-0.15, -0.1) is 5.47 Å². The maximum Gasteiger partial charge on any atom is 0.186 e. The predicted octanol–water partition coefficient (Wildman–Crippen LogP) is 8.33. The van der Waals surface area contributed by atoms with Gasteiger partial charge in [-0.2, -0.15) is 0 Å². The van der Waals surface area contributed by atoms with Crippen molar-refractivity contribution in [2.75, 3.05) is 19.7 Å². The normalized spacial score (nSPS) is 27.7. The molecule has 1 saturated carbocycles. The number of ether oxygens (including phenoxy) is 1. The van der Waals surface area contributed by atoms with Crippen LogP contribution in [0, 0.1) is 5.92 Å². The first kappa shape index (κ1) is 32.7. The van der Waals surface area contributed by atoms with Crippen LogP contribution in [0.2, 0.25) is 0 Å².